The molecule has 0 radical (unpaired) electrons. The average Bonchev–Trinajstić information content (AvgIpc) is 2.12. The highest BCUT2D eigenvalue weighted by Crippen LogP contribution is 2.08. The van der Waals surface area contributed by atoms with Crippen LogP contribution in [0.1, 0.15) is 53.4 Å². The van der Waals surface area contributed by atoms with Gasteiger partial charge in [-0.3, -0.25) is 5.01 Å². The number of rotatable bonds is 7. The van der Waals surface area contributed by atoms with E-state index in [1.165, 1.54) is 25.7 Å². The van der Waals surface area contributed by atoms with Crippen LogP contribution in [0.5, 0.6) is 0 Å². The van der Waals surface area contributed by atoms with Gasteiger partial charge in [-0.1, -0.05) is 26.7 Å². The molecule has 1 atom stereocenters. The third-order valence-corrected chi connectivity index (χ3v) is 2.22. The van der Waals surface area contributed by atoms with Crippen LogP contribution in [-0.4, -0.2) is 23.8 Å². The molecule has 0 N–H and O–H groups in total. The molecule has 0 aromatic rings. The van der Waals surface area contributed by atoms with E-state index in [2.05, 4.69) is 30.9 Å². The van der Waals surface area contributed by atoms with Crippen LogP contribution < -0.4 is 0 Å². The highest BCUT2D eigenvalue weighted by molar-refractivity contribution is 5.52. The summed E-state index contributed by atoms with van der Waals surface area (Å²) in [5, 5.41) is 6.60. The van der Waals surface area contributed by atoms with Gasteiger partial charge in [-0.25, -0.2) is 0 Å². The Morgan fingerprint density at radius 2 is 2.00 bits per heavy atom. The number of hydrazone groups is 1. The van der Waals surface area contributed by atoms with Gasteiger partial charge in [0.05, 0.1) is 0 Å². The number of unbranched alkanes of at least 4 members (excludes halogenated alkanes) is 1. The van der Waals surface area contributed by atoms with Crippen molar-refractivity contribution in [3.05, 3.63) is 0 Å². The summed E-state index contributed by atoms with van der Waals surface area (Å²) in [4.78, 5) is 0. The molecule has 0 spiro atoms. The molecular formula is C11H24N2. The summed E-state index contributed by atoms with van der Waals surface area (Å²) in [7, 11) is 0. The van der Waals surface area contributed by atoms with Gasteiger partial charge in [-0.15, -0.1) is 0 Å². The first kappa shape index (κ1) is 12.5. The van der Waals surface area contributed by atoms with Crippen LogP contribution >= 0.6 is 0 Å². The maximum atomic E-state index is 4.39. The third-order valence-electron chi connectivity index (χ3n) is 2.22. The lowest BCUT2D eigenvalue weighted by Crippen LogP contribution is -2.29. The topological polar surface area (TPSA) is 15.6 Å². The highest BCUT2D eigenvalue weighted by atomic mass is 15.5. The molecule has 0 amide bonds. The van der Waals surface area contributed by atoms with Crippen LogP contribution in [0.2, 0.25) is 0 Å². The smallest absolute Gasteiger partial charge is 0.0442 e. The molecule has 0 saturated carbocycles. The second-order valence-electron chi connectivity index (χ2n) is 3.53. The molecule has 0 aliphatic heterocycles. The lowest BCUT2D eigenvalue weighted by Gasteiger charge is -2.25. The molecule has 0 bridgehead atoms. The molecule has 0 aromatic heterocycles. The van der Waals surface area contributed by atoms with Crippen molar-refractivity contribution in [2.45, 2.75) is 59.4 Å². The fourth-order valence-electron chi connectivity index (χ4n) is 1.43. The van der Waals surface area contributed by atoms with Gasteiger partial charge in [0, 0.05) is 18.8 Å². The van der Waals surface area contributed by atoms with E-state index in [0.29, 0.717) is 6.04 Å². The van der Waals surface area contributed by atoms with E-state index in [9.17, 15) is 0 Å². The van der Waals surface area contributed by atoms with Crippen molar-refractivity contribution in [3.8, 4) is 0 Å². The zero-order valence-corrected chi connectivity index (χ0v) is 9.58. The Bertz CT molecular complexity index is 132. The molecule has 0 heterocycles. The van der Waals surface area contributed by atoms with Crippen LogP contribution in [0, 0.1) is 0 Å². The lowest BCUT2D eigenvalue weighted by molar-refractivity contribution is 0.205. The lowest BCUT2D eigenvalue weighted by atomic mass is 10.2. The summed E-state index contributed by atoms with van der Waals surface area (Å²) in [5.41, 5.74) is 0. The normalized spacial score (nSPS) is 13.5. The minimum Gasteiger partial charge on any atom is -0.295 e. The van der Waals surface area contributed by atoms with Crippen molar-refractivity contribution >= 4 is 6.21 Å². The van der Waals surface area contributed by atoms with Gasteiger partial charge in [0.2, 0.25) is 0 Å². The van der Waals surface area contributed by atoms with Gasteiger partial charge in [0.1, 0.15) is 0 Å². The van der Waals surface area contributed by atoms with E-state index >= 15 is 0 Å². The van der Waals surface area contributed by atoms with E-state index in [4.69, 9.17) is 0 Å². The largest absolute Gasteiger partial charge is 0.295 e. The maximum absolute atomic E-state index is 4.39. The zero-order valence-electron chi connectivity index (χ0n) is 9.58. The van der Waals surface area contributed by atoms with Crippen molar-refractivity contribution in [3.63, 3.8) is 0 Å². The first-order valence-electron chi connectivity index (χ1n) is 5.51. The predicted octanol–water partition coefficient (Wildman–Crippen LogP) is 3.28. The summed E-state index contributed by atoms with van der Waals surface area (Å²) in [6, 6.07) is 0.591. The molecule has 0 fully saturated rings. The third kappa shape index (κ3) is 5.67. The van der Waals surface area contributed by atoms with Crippen molar-refractivity contribution in [1.29, 1.82) is 0 Å². The van der Waals surface area contributed by atoms with E-state index in [1.54, 1.807) is 0 Å². The Kier molecular flexibility index (Phi) is 7.76. The molecule has 0 aliphatic rings. The molecule has 0 saturated heterocycles. The number of nitrogens with zero attached hydrogens (tertiary/aromatic N) is 2. The Morgan fingerprint density at radius 3 is 2.46 bits per heavy atom. The molecule has 13 heavy (non-hydrogen) atoms. The second kappa shape index (κ2) is 8.09. The molecule has 0 aliphatic carbocycles. The fourth-order valence-corrected chi connectivity index (χ4v) is 1.43. The SMILES string of the molecule is CC=NN(CCCC)C(C)CCC. The first-order chi connectivity index (χ1) is 6.26. The zero-order chi connectivity index (χ0) is 10.1. The molecule has 2 nitrogen and oxygen atoms in total. The first-order valence-corrected chi connectivity index (χ1v) is 5.51. The Morgan fingerprint density at radius 1 is 1.31 bits per heavy atom. The van der Waals surface area contributed by atoms with Crippen LogP contribution in [0.3, 0.4) is 0 Å². The molecular weight excluding hydrogens is 160 g/mol. The Hall–Kier alpha value is -0.530. The molecule has 0 rings (SSSR count). The predicted molar refractivity (Wildman–Crippen MR) is 60.2 cm³/mol. The van der Waals surface area contributed by atoms with E-state index in [-0.39, 0.29) is 0 Å². The van der Waals surface area contributed by atoms with Crippen LogP contribution in [0.25, 0.3) is 0 Å². The summed E-state index contributed by atoms with van der Waals surface area (Å²) in [6.07, 6.45) is 6.85. The maximum Gasteiger partial charge on any atom is 0.0442 e. The van der Waals surface area contributed by atoms with Crippen LogP contribution in [0.15, 0.2) is 5.10 Å². The molecule has 0 aromatic carbocycles. The van der Waals surface area contributed by atoms with Gasteiger partial charge in [0.15, 0.2) is 0 Å². The average molecular weight is 184 g/mol. The fraction of sp³-hybridized carbons (Fsp3) is 0.909. The molecule has 78 valence electrons. The van der Waals surface area contributed by atoms with Crippen LogP contribution in [-0.2, 0) is 0 Å². The van der Waals surface area contributed by atoms with Gasteiger partial charge in [-0.05, 0) is 26.7 Å². The van der Waals surface area contributed by atoms with Crippen LogP contribution in [0.4, 0.5) is 0 Å². The minimum atomic E-state index is 0.591. The quantitative estimate of drug-likeness (QED) is 0.438. The summed E-state index contributed by atoms with van der Waals surface area (Å²) in [5.74, 6) is 0. The van der Waals surface area contributed by atoms with E-state index in [0.717, 1.165) is 6.54 Å². The van der Waals surface area contributed by atoms with E-state index in [1.807, 2.05) is 13.1 Å². The Labute approximate surface area is 83.0 Å². The van der Waals surface area contributed by atoms with Gasteiger partial charge in [-0.2, -0.15) is 5.10 Å². The van der Waals surface area contributed by atoms with Gasteiger partial charge < -0.3 is 0 Å². The second-order valence-corrected chi connectivity index (χ2v) is 3.53. The summed E-state index contributed by atoms with van der Waals surface area (Å²) >= 11 is 0. The minimum absolute atomic E-state index is 0.591. The molecule has 1 unspecified atom stereocenters. The molecule has 2 heteroatoms. The highest BCUT2D eigenvalue weighted by Gasteiger charge is 2.08. The number of hydrogen-bond acceptors (Lipinski definition) is 2. The number of hydrogen-bond donors (Lipinski definition) is 0. The summed E-state index contributed by atoms with van der Waals surface area (Å²) < 4.78 is 0. The van der Waals surface area contributed by atoms with Crippen molar-refractivity contribution in [2.75, 3.05) is 6.54 Å². The van der Waals surface area contributed by atoms with Crippen molar-refractivity contribution in [2.24, 2.45) is 5.10 Å². The Balaban J connectivity index is 3.90. The monoisotopic (exact) mass is 184 g/mol. The van der Waals surface area contributed by atoms with E-state index < -0.39 is 0 Å². The van der Waals surface area contributed by atoms with Gasteiger partial charge >= 0.3 is 0 Å². The standard InChI is InChI=1S/C11H24N2/c1-5-8-10-13(12-7-3)11(4)9-6-2/h7,11H,5-6,8-10H2,1-4H3. The van der Waals surface area contributed by atoms with Gasteiger partial charge in [0.25, 0.3) is 0 Å². The summed E-state index contributed by atoms with van der Waals surface area (Å²) in [6.45, 7) is 9.79. The van der Waals surface area contributed by atoms with Crippen molar-refractivity contribution < 1.29 is 0 Å². The van der Waals surface area contributed by atoms with Crippen molar-refractivity contribution in [1.82, 2.24) is 5.01 Å².